The first-order valence-electron chi connectivity index (χ1n) is 5.57. The van der Waals surface area contributed by atoms with Gasteiger partial charge in [-0.1, -0.05) is 23.5 Å². The molecule has 1 N–H and O–H groups in total. The summed E-state index contributed by atoms with van der Waals surface area (Å²) in [6.45, 7) is 1.49. The maximum atomic E-state index is 12.4. The number of carbonyl (C=O) groups excluding carboxylic acids is 1. The molecule has 0 unspecified atom stereocenters. The molecule has 7 nitrogen and oxygen atoms in total. The number of nitrogens with one attached hydrogen (secondary N) is 1. The second kappa shape index (κ2) is 5.87. The van der Waals surface area contributed by atoms with E-state index in [2.05, 4.69) is 15.5 Å². The van der Waals surface area contributed by atoms with E-state index in [-0.39, 0.29) is 16.4 Å². The third-order valence-electron chi connectivity index (χ3n) is 2.51. The van der Waals surface area contributed by atoms with Crippen molar-refractivity contribution < 1.29 is 18.5 Å². The minimum Gasteiger partial charge on any atom is -0.296 e. The van der Waals surface area contributed by atoms with Gasteiger partial charge in [0, 0.05) is 5.56 Å². The van der Waals surface area contributed by atoms with Crippen LogP contribution < -0.4 is 5.32 Å². The van der Waals surface area contributed by atoms with Gasteiger partial charge in [0.1, 0.15) is 5.56 Å². The Labute approximate surface area is 120 Å². The number of hydrogen-bond donors (Lipinski definition) is 1. The first kappa shape index (κ1) is 14.9. The highest BCUT2D eigenvalue weighted by molar-refractivity contribution is 7.15. The van der Waals surface area contributed by atoms with E-state index >= 15 is 0 Å². The number of para-hydroxylation sites is 1. The highest BCUT2D eigenvalue weighted by Crippen LogP contribution is 2.27. The Kier molecular flexibility index (Phi) is 4.17. The van der Waals surface area contributed by atoms with E-state index in [0.29, 0.717) is 16.9 Å². The van der Waals surface area contributed by atoms with Crippen LogP contribution in [0.15, 0.2) is 18.2 Å². The number of halogens is 2. The van der Waals surface area contributed by atoms with Gasteiger partial charge in [-0.2, -0.15) is 0 Å². The lowest BCUT2D eigenvalue weighted by atomic mass is 10.1. The number of rotatable bonds is 4. The Morgan fingerprint density at radius 3 is 2.71 bits per heavy atom. The molecule has 1 aromatic carbocycles. The average Bonchev–Trinajstić information content (AvgIpc) is 2.86. The number of carbonyl (C=O) groups is 1. The van der Waals surface area contributed by atoms with Crippen LogP contribution in [0.3, 0.4) is 0 Å². The van der Waals surface area contributed by atoms with E-state index in [4.69, 9.17) is 0 Å². The number of aryl methyl sites for hydroxylation is 1. The lowest BCUT2D eigenvalue weighted by Crippen LogP contribution is -2.14. The van der Waals surface area contributed by atoms with Crippen LogP contribution in [0.25, 0.3) is 0 Å². The molecule has 1 aromatic heterocycles. The molecule has 0 fully saturated rings. The minimum absolute atomic E-state index is 0.147. The number of amides is 1. The van der Waals surface area contributed by atoms with Crippen LogP contribution in [0.1, 0.15) is 27.4 Å². The molecule has 0 bridgehead atoms. The number of nitro benzene ring substituents is 1. The molecule has 1 heterocycles. The molecule has 2 aromatic rings. The fraction of sp³-hybridized carbons (Fsp3) is 0.182. The minimum atomic E-state index is -2.79. The monoisotopic (exact) mass is 314 g/mol. The first-order valence-corrected chi connectivity index (χ1v) is 6.38. The molecule has 0 aliphatic carbocycles. The van der Waals surface area contributed by atoms with Crippen LogP contribution in [0.4, 0.5) is 19.6 Å². The van der Waals surface area contributed by atoms with Crippen molar-refractivity contribution in [3.8, 4) is 0 Å². The first-order chi connectivity index (χ1) is 9.90. The standard InChI is InChI=1S/C11H8F2N4O3S/c1-5-3-2-4-6(7(5)17(19)20)9(18)14-11-16-15-10(21-11)8(12)13/h2-4,8H,1H3,(H,14,16,18). The summed E-state index contributed by atoms with van der Waals surface area (Å²) in [7, 11) is 0. The number of benzene rings is 1. The van der Waals surface area contributed by atoms with Crippen molar-refractivity contribution in [1.29, 1.82) is 0 Å². The van der Waals surface area contributed by atoms with Crippen molar-refractivity contribution in [2.45, 2.75) is 13.3 Å². The van der Waals surface area contributed by atoms with Crippen molar-refractivity contribution >= 4 is 28.1 Å². The van der Waals surface area contributed by atoms with Gasteiger partial charge in [-0.3, -0.25) is 20.2 Å². The predicted octanol–water partition coefficient (Wildman–Crippen LogP) is 2.94. The van der Waals surface area contributed by atoms with Crippen LogP contribution in [-0.2, 0) is 0 Å². The number of anilines is 1. The van der Waals surface area contributed by atoms with Crippen molar-refractivity contribution in [3.05, 3.63) is 44.4 Å². The predicted molar refractivity (Wildman–Crippen MR) is 70.7 cm³/mol. The van der Waals surface area contributed by atoms with E-state index < -0.39 is 22.3 Å². The third-order valence-corrected chi connectivity index (χ3v) is 3.36. The summed E-state index contributed by atoms with van der Waals surface area (Å²) < 4.78 is 24.7. The van der Waals surface area contributed by atoms with Crippen molar-refractivity contribution in [2.75, 3.05) is 5.32 Å². The zero-order valence-corrected chi connectivity index (χ0v) is 11.4. The van der Waals surface area contributed by atoms with Crippen LogP contribution in [-0.4, -0.2) is 21.0 Å². The Morgan fingerprint density at radius 1 is 1.43 bits per heavy atom. The highest BCUT2D eigenvalue weighted by atomic mass is 32.1. The number of aromatic nitrogens is 2. The maximum absolute atomic E-state index is 12.4. The molecule has 0 aliphatic rings. The summed E-state index contributed by atoms with van der Waals surface area (Å²) in [6, 6.07) is 4.26. The summed E-state index contributed by atoms with van der Waals surface area (Å²) in [5.41, 5.74) is -0.194. The van der Waals surface area contributed by atoms with Crippen molar-refractivity contribution in [1.82, 2.24) is 10.2 Å². The Hall–Kier alpha value is -2.49. The molecule has 2 rings (SSSR count). The molecular weight excluding hydrogens is 306 g/mol. The molecule has 1 amide bonds. The van der Waals surface area contributed by atoms with Gasteiger partial charge in [-0.15, -0.1) is 10.2 Å². The Bertz CT molecular complexity index is 705. The number of hydrogen-bond acceptors (Lipinski definition) is 6. The molecule has 0 aliphatic heterocycles. The molecule has 0 atom stereocenters. The topological polar surface area (TPSA) is 98.0 Å². The smallest absolute Gasteiger partial charge is 0.291 e. The molecule has 10 heteroatoms. The van der Waals surface area contributed by atoms with Gasteiger partial charge in [-0.05, 0) is 13.0 Å². The van der Waals surface area contributed by atoms with Crippen LogP contribution in [0.5, 0.6) is 0 Å². The summed E-state index contributed by atoms with van der Waals surface area (Å²) in [5, 5.41) is 19.1. The summed E-state index contributed by atoms with van der Waals surface area (Å²) in [4.78, 5) is 22.3. The van der Waals surface area contributed by atoms with Crippen LogP contribution in [0, 0.1) is 17.0 Å². The van der Waals surface area contributed by atoms with Crippen LogP contribution >= 0.6 is 11.3 Å². The molecule has 0 saturated carbocycles. The van der Waals surface area contributed by atoms with E-state index in [1.165, 1.54) is 25.1 Å². The van der Waals surface area contributed by atoms with Crippen molar-refractivity contribution in [3.63, 3.8) is 0 Å². The Balaban J connectivity index is 2.28. The van der Waals surface area contributed by atoms with Crippen molar-refractivity contribution in [2.24, 2.45) is 0 Å². The number of alkyl halides is 2. The second-order valence-corrected chi connectivity index (χ2v) is 4.94. The average molecular weight is 314 g/mol. The van der Waals surface area contributed by atoms with E-state index in [1.54, 1.807) is 0 Å². The normalized spacial score (nSPS) is 10.7. The Morgan fingerprint density at radius 2 is 2.14 bits per heavy atom. The molecular formula is C11H8F2N4O3S. The number of nitrogens with zero attached hydrogens (tertiary/aromatic N) is 3. The third kappa shape index (κ3) is 3.16. The molecule has 0 spiro atoms. The lowest BCUT2D eigenvalue weighted by molar-refractivity contribution is -0.385. The van der Waals surface area contributed by atoms with Gasteiger partial charge in [0.15, 0.2) is 5.01 Å². The number of nitro groups is 1. The molecule has 0 saturated heterocycles. The van der Waals surface area contributed by atoms with Gasteiger partial charge in [0.05, 0.1) is 4.92 Å². The van der Waals surface area contributed by atoms with Gasteiger partial charge in [-0.25, -0.2) is 8.78 Å². The second-order valence-electron chi connectivity index (χ2n) is 3.93. The van der Waals surface area contributed by atoms with E-state index in [0.717, 1.165) is 0 Å². The summed E-state index contributed by atoms with van der Waals surface area (Å²) in [5.74, 6) is -0.803. The van der Waals surface area contributed by atoms with E-state index in [9.17, 15) is 23.7 Å². The van der Waals surface area contributed by atoms with Gasteiger partial charge < -0.3 is 0 Å². The zero-order valence-electron chi connectivity index (χ0n) is 10.5. The fourth-order valence-electron chi connectivity index (χ4n) is 1.62. The summed E-state index contributed by atoms with van der Waals surface area (Å²) >= 11 is 0.508. The lowest BCUT2D eigenvalue weighted by Gasteiger charge is -2.04. The zero-order chi connectivity index (χ0) is 15.6. The van der Waals surface area contributed by atoms with Crippen LogP contribution in [0.2, 0.25) is 0 Å². The maximum Gasteiger partial charge on any atom is 0.291 e. The van der Waals surface area contributed by atoms with Gasteiger partial charge in [0.2, 0.25) is 5.13 Å². The largest absolute Gasteiger partial charge is 0.296 e. The van der Waals surface area contributed by atoms with Gasteiger partial charge in [0.25, 0.3) is 18.0 Å². The molecule has 110 valence electrons. The highest BCUT2D eigenvalue weighted by Gasteiger charge is 2.23. The van der Waals surface area contributed by atoms with Gasteiger partial charge >= 0.3 is 0 Å². The quantitative estimate of drug-likeness (QED) is 0.691. The molecule has 21 heavy (non-hydrogen) atoms. The van der Waals surface area contributed by atoms with E-state index in [1.807, 2.05) is 0 Å². The summed E-state index contributed by atoms with van der Waals surface area (Å²) in [6.07, 6.45) is -2.79. The molecule has 0 radical (unpaired) electrons. The SMILES string of the molecule is Cc1cccc(C(=O)Nc2nnc(C(F)F)s2)c1[N+](=O)[O-]. The fourth-order valence-corrected chi connectivity index (χ4v) is 2.22.